The van der Waals surface area contributed by atoms with Crippen LogP contribution in [0.25, 0.3) is 0 Å². The summed E-state index contributed by atoms with van der Waals surface area (Å²) < 4.78 is 4.98. The Morgan fingerprint density at radius 2 is 1.79 bits per heavy atom. The van der Waals surface area contributed by atoms with Gasteiger partial charge in [0.1, 0.15) is 0 Å². The first-order valence-corrected chi connectivity index (χ1v) is 5.90. The van der Waals surface area contributed by atoms with Crippen LogP contribution in [-0.2, 0) is 4.74 Å². The lowest BCUT2D eigenvalue weighted by atomic mass is 9.96. The van der Waals surface area contributed by atoms with Crippen molar-refractivity contribution >= 4 is 0 Å². The Morgan fingerprint density at radius 3 is 2.29 bits per heavy atom. The fourth-order valence-electron chi connectivity index (χ4n) is 1.91. The van der Waals surface area contributed by atoms with Crippen molar-refractivity contribution < 1.29 is 9.84 Å². The molecule has 1 atom stereocenters. The summed E-state index contributed by atoms with van der Waals surface area (Å²) in [6, 6.07) is 0. The van der Waals surface area contributed by atoms with Crippen LogP contribution < -0.4 is 0 Å². The number of hydrogen-bond donors (Lipinski definition) is 1. The largest absolute Gasteiger partial charge is 0.478 e. The minimum atomic E-state index is 0.193. The molecule has 1 heterocycles. The van der Waals surface area contributed by atoms with E-state index in [1.54, 1.807) is 0 Å². The average Bonchev–Trinajstić information content (AvgIpc) is 2.88. The van der Waals surface area contributed by atoms with Crippen molar-refractivity contribution in [2.24, 2.45) is 5.92 Å². The predicted octanol–water partition coefficient (Wildman–Crippen LogP) is 4.13. The van der Waals surface area contributed by atoms with Crippen molar-refractivity contribution in [2.45, 2.75) is 58.8 Å². The fraction of sp³-hybridized carbons (Fsp3) is 0.833. The lowest BCUT2D eigenvalue weighted by Gasteiger charge is -2.09. The van der Waals surface area contributed by atoms with Gasteiger partial charge in [0, 0.05) is 5.92 Å². The summed E-state index contributed by atoms with van der Waals surface area (Å²) in [7, 11) is 0. The zero-order valence-electron chi connectivity index (χ0n) is 9.38. The minimum absolute atomic E-state index is 0.193. The molecular formula is C12H22O2. The Balaban J connectivity index is 2.16. The highest BCUT2D eigenvalue weighted by Gasteiger charge is 2.32. The van der Waals surface area contributed by atoms with Gasteiger partial charge < -0.3 is 9.84 Å². The van der Waals surface area contributed by atoms with E-state index in [1.165, 1.54) is 38.5 Å². The first-order chi connectivity index (χ1) is 6.79. The second-order valence-corrected chi connectivity index (χ2v) is 4.11. The van der Waals surface area contributed by atoms with Gasteiger partial charge in [-0.3, -0.25) is 0 Å². The second kappa shape index (κ2) is 5.94. The van der Waals surface area contributed by atoms with Gasteiger partial charge in [-0.25, -0.2) is 0 Å². The molecule has 0 amide bonds. The van der Waals surface area contributed by atoms with Crippen molar-refractivity contribution in [1.82, 2.24) is 0 Å². The van der Waals surface area contributed by atoms with E-state index < -0.39 is 0 Å². The van der Waals surface area contributed by atoms with Crippen LogP contribution in [0.15, 0.2) is 11.7 Å². The normalized spacial score (nSPS) is 16.7. The average molecular weight is 198 g/mol. The molecule has 0 saturated carbocycles. The molecule has 82 valence electrons. The third-order valence-electron chi connectivity index (χ3n) is 2.79. The van der Waals surface area contributed by atoms with Gasteiger partial charge in [0.25, 0.3) is 0 Å². The molecule has 0 aromatic heterocycles. The molecule has 0 saturated heterocycles. The van der Waals surface area contributed by atoms with Gasteiger partial charge in [-0.1, -0.05) is 46.0 Å². The molecule has 0 spiro atoms. The zero-order valence-corrected chi connectivity index (χ0v) is 9.38. The van der Waals surface area contributed by atoms with E-state index in [0.717, 1.165) is 12.2 Å². The summed E-state index contributed by atoms with van der Waals surface area (Å²) in [4.78, 5) is 0. The molecule has 1 aliphatic rings. The van der Waals surface area contributed by atoms with Crippen LogP contribution in [0.5, 0.6) is 0 Å². The Bertz CT molecular complexity index is 196. The maximum absolute atomic E-state index is 9.08. The van der Waals surface area contributed by atoms with Crippen molar-refractivity contribution in [2.75, 3.05) is 0 Å². The van der Waals surface area contributed by atoms with Crippen LogP contribution in [0.4, 0.5) is 0 Å². The van der Waals surface area contributed by atoms with Gasteiger partial charge in [-0.15, -0.1) is 0 Å². The first-order valence-electron chi connectivity index (χ1n) is 5.90. The summed E-state index contributed by atoms with van der Waals surface area (Å²) in [6.07, 6.45) is 8.66. The summed E-state index contributed by atoms with van der Waals surface area (Å²) >= 11 is 0. The zero-order chi connectivity index (χ0) is 10.4. The number of hydrogen-bond acceptors (Lipinski definition) is 2. The molecule has 0 radical (unpaired) electrons. The molecule has 1 rings (SSSR count). The maximum Gasteiger partial charge on any atom is 0.323 e. The summed E-state index contributed by atoms with van der Waals surface area (Å²) in [5, 5.41) is 9.08. The Hall–Kier alpha value is -0.660. The molecule has 0 aliphatic carbocycles. The quantitative estimate of drug-likeness (QED) is 0.595. The van der Waals surface area contributed by atoms with Crippen molar-refractivity contribution in [3.05, 3.63) is 11.7 Å². The van der Waals surface area contributed by atoms with Gasteiger partial charge in [0.15, 0.2) is 5.76 Å². The van der Waals surface area contributed by atoms with E-state index in [1.807, 2.05) is 0 Å². The lowest BCUT2D eigenvalue weighted by molar-refractivity contribution is 0.262. The number of rotatable bonds is 8. The summed E-state index contributed by atoms with van der Waals surface area (Å²) in [5.74, 6) is 1.54. The van der Waals surface area contributed by atoms with E-state index in [2.05, 4.69) is 13.8 Å². The van der Waals surface area contributed by atoms with Crippen molar-refractivity contribution in [1.29, 1.82) is 0 Å². The van der Waals surface area contributed by atoms with Gasteiger partial charge >= 0.3 is 5.95 Å². The second-order valence-electron chi connectivity index (χ2n) is 4.11. The SMILES string of the molecule is CCCCCCC(CCC)C1=C(O)O1. The van der Waals surface area contributed by atoms with Gasteiger partial charge in [0.2, 0.25) is 0 Å². The number of ether oxygens (including phenoxy) is 1. The van der Waals surface area contributed by atoms with E-state index in [9.17, 15) is 0 Å². The predicted molar refractivity (Wildman–Crippen MR) is 57.9 cm³/mol. The van der Waals surface area contributed by atoms with Gasteiger partial charge in [-0.2, -0.15) is 0 Å². The lowest BCUT2D eigenvalue weighted by Crippen LogP contribution is -1.98. The Morgan fingerprint density at radius 1 is 1.07 bits per heavy atom. The van der Waals surface area contributed by atoms with Crippen LogP contribution in [0.1, 0.15) is 58.8 Å². The molecule has 1 N–H and O–H groups in total. The number of aliphatic hydroxyl groups is 1. The Kier molecular flexibility index (Phi) is 4.85. The topological polar surface area (TPSA) is 32.8 Å². The van der Waals surface area contributed by atoms with Crippen molar-refractivity contribution in [3.8, 4) is 0 Å². The number of aliphatic hydroxyl groups excluding tert-OH is 1. The standard InChI is InChI=1S/C12H22O2/c1-3-5-6-7-9-10(8-4-2)11-12(13)14-11/h10,13H,3-9H2,1-2H3. The molecule has 14 heavy (non-hydrogen) atoms. The number of allylic oxidation sites excluding steroid dienone is 1. The van der Waals surface area contributed by atoms with Crippen LogP contribution in [0.2, 0.25) is 0 Å². The fourth-order valence-corrected chi connectivity index (χ4v) is 1.91. The molecule has 0 bridgehead atoms. The molecule has 1 aliphatic heterocycles. The van der Waals surface area contributed by atoms with Crippen LogP contribution in [-0.4, -0.2) is 5.11 Å². The number of unbranched alkanes of at least 4 members (excludes halogenated alkanes) is 3. The minimum Gasteiger partial charge on any atom is -0.478 e. The van der Waals surface area contributed by atoms with E-state index >= 15 is 0 Å². The van der Waals surface area contributed by atoms with E-state index in [4.69, 9.17) is 9.84 Å². The van der Waals surface area contributed by atoms with E-state index in [-0.39, 0.29) is 5.95 Å². The molecule has 1 unspecified atom stereocenters. The van der Waals surface area contributed by atoms with Crippen molar-refractivity contribution in [3.63, 3.8) is 0 Å². The van der Waals surface area contributed by atoms with E-state index in [0.29, 0.717) is 5.92 Å². The molecule has 2 nitrogen and oxygen atoms in total. The molecule has 0 fully saturated rings. The highest BCUT2D eigenvalue weighted by Crippen LogP contribution is 2.36. The maximum atomic E-state index is 9.08. The molecule has 0 aromatic carbocycles. The van der Waals surface area contributed by atoms with Gasteiger partial charge in [0.05, 0.1) is 0 Å². The Labute approximate surface area is 87.0 Å². The highest BCUT2D eigenvalue weighted by atomic mass is 16.7. The molecule has 2 heteroatoms. The van der Waals surface area contributed by atoms with Crippen LogP contribution in [0.3, 0.4) is 0 Å². The smallest absolute Gasteiger partial charge is 0.323 e. The first kappa shape index (κ1) is 11.4. The third-order valence-corrected chi connectivity index (χ3v) is 2.79. The monoisotopic (exact) mass is 198 g/mol. The highest BCUT2D eigenvalue weighted by molar-refractivity contribution is 5.13. The molecule has 0 aromatic rings. The third kappa shape index (κ3) is 3.60. The van der Waals surface area contributed by atoms with Crippen LogP contribution in [0, 0.1) is 5.92 Å². The summed E-state index contributed by atoms with van der Waals surface area (Å²) in [6.45, 7) is 4.40. The van der Waals surface area contributed by atoms with Crippen LogP contribution >= 0.6 is 0 Å². The summed E-state index contributed by atoms with van der Waals surface area (Å²) in [5.41, 5.74) is 0. The van der Waals surface area contributed by atoms with Gasteiger partial charge in [-0.05, 0) is 12.8 Å². The molecular weight excluding hydrogens is 176 g/mol.